The maximum Gasteiger partial charge on any atom is 0.295 e. The fourth-order valence-electron chi connectivity index (χ4n) is 3.73. The van der Waals surface area contributed by atoms with Crippen LogP contribution in [0, 0.1) is 15.9 Å². The summed E-state index contributed by atoms with van der Waals surface area (Å²) in [7, 11) is 0. The first kappa shape index (κ1) is 20.9. The molecule has 1 N–H and O–H groups in total. The minimum atomic E-state index is -0.916. The number of carbonyl (C=O) groups excluding carboxylic acids is 2. The fraction of sp³-hybridized carbons (Fsp3) is 0.0833. The van der Waals surface area contributed by atoms with E-state index in [-0.39, 0.29) is 23.4 Å². The Kier molecular flexibility index (Phi) is 5.51. The van der Waals surface area contributed by atoms with Crippen molar-refractivity contribution >= 4 is 23.1 Å². The molecule has 4 rings (SSSR count). The van der Waals surface area contributed by atoms with Crippen LogP contribution in [0.4, 0.5) is 10.1 Å². The van der Waals surface area contributed by atoms with Gasteiger partial charge in [0.05, 0.1) is 16.5 Å². The molecule has 1 unspecified atom stereocenters. The molecule has 1 fully saturated rings. The van der Waals surface area contributed by atoms with Gasteiger partial charge in [-0.3, -0.25) is 19.7 Å². The van der Waals surface area contributed by atoms with Crippen molar-refractivity contribution in [1.82, 2.24) is 4.90 Å². The number of nitrogens with zero attached hydrogens (tertiary/aromatic N) is 2. The van der Waals surface area contributed by atoms with E-state index < -0.39 is 34.2 Å². The zero-order chi connectivity index (χ0) is 22.8. The van der Waals surface area contributed by atoms with Gasteiger partial charge in [-0.05, 0) is 23.3 Å². The number of hydrogen-bond acceptors (Lipinski definition) is 5. The van der Waals surface area contributed by atoms with Gasteiger partial charge in [0.2, 0.25) is 0 Å². The van der Waals surface area contributed by atoms with Crippen molar-refractivity contribution in [2.75, 3.05) is 0 Å². The number of Topliss-reactive ketones (excluding diaryl/α,β-unsaturated/α-hetero) is 1. The summed E-state index contributed by atoms with van der Waals surface area (Å²) in [5, 5.41) is 22.1. The quantitative estimate of drug-likeness (QED) is 0.212. The van der Waals surface area contributed by atoms with Gasteiger partial charge in [0.25, 0.3) is 17.4 Å². The van der Waals surface area contributed by atoms with Gasteiger partial charge in [-0.2, -0.15) is 0 Å². The molecule has 0 radical (unpaired) electrons. The van der Waals surface area contributed by atoms with Crippen LogP contribution in [0.15, 0.2) is 84.4 Å². The van der Waals surface area contributed by atoms with Gasteiger partial charge in [-0.25, -0.2) is 4.39 Å². The molecule has 0 spiro atoms. The number of carbonyl (C=O) groups is 2. The Bertz CT molecular complexity index is 1240. The summed E-state index contributed by atoms with van der Waals surface area (Å²) in [5.41, 5.74) is 0.819. The number of halogens is 1. The van der Waals surface area contributed by atoms with E-state index in [4.69, 9.17) is 0 Å². The first-order valence-corrected chi connectivity index (χ1v) is 9.69. The molecule has 1 saturated heterocycles. The van der Waals surface area contributed by atoms with Crippen molar-refractivity contribution < 1.29 is 24.0 Å². The first-order chi connectivity index (χ1) is 15.4. The Morgan fingerprint density at radius 2 is 1.69 bits per heavy atom. The number of non-ortho nitro benzene ring substituents is 1. The van der Waals surface area contributed by atoms with Crippen LogP contribution in [0.3, 0.4) is 0 Å². The van der Waals surface area contributed by atoms with Crippen LogP contribution in [0.25, 0.3) is 5.76 Å². The van der Waals surface area contributed by atoms with Crippen LogP contribution in [-0.4, -0.2) is 26.6 Å². The molecule has 0 saturated carbocycles. The molecule has 32 heavy (non-hydrogen) atoms. The first-order valence-electron chi connectivity index (χ1n) is 9.69. The van der Waals surface area contributed by atoms with E-state index in [1.165, 1.54) is 47.4 Å². The van der Waals surface area contributed by atoms with Crippen LogP contribution in [0.2, 0.25) is 0 Å². The highest BCUT2D eigenvalue weighted by Crippen LogP contribution is 2.40. The van der Waals surface area contributed by atoms with Gasteiger partial charge in [0.15, 0.2) is 0 Å². The largest absolute Gasteiger partial charge is 0.507 e. The molecule has 3 aromatic carbocycles. The predicted molar refractivity (Wildman–Crippen MR) is 114 cm³/mol. The molecule has 1 atom stereocenters. The summed E-state index contributed by atoms with van der Waals surface area (Å²) < 4.78 is 13.3. The van der Waals surface area contributed by atoms with E-state index in [1.54, 1.807) is 30.3 Å². The molecular formula is C24H17FN2O5. The topological polar surface area (TPSA) is 101 Å². The van der Waals surface area contributed by atoms with Crippen molar-refractivity contribution in [2.24, 2.45) is 0 Å². The minimum Gasteiger partial charge on any atom is -0.507 e. The molecule has 3 aromatic rings. The van der Waals surface area contributed by atoms with Crippen LogP contribution >= 0.6 is 0 Å². The van der Waals surface area contributed by atoms with Crippen molar-refractivity contribution in [3.8, 4) is 0 Å². The maximum absolute atomic E-state index is 13.3. The third-order valence-electron chi connectivity index (χ3n) is 5.25. The Morgan fingerprint density at radius 1 is 1.00 bits per heavy atom. The lowest BCUT2D eigenvalue weighted by molar-refractivity contribution is -0.384. The molecule has 160 valence electrons. The van der Waals surface area contributed by atoms with E-state index in [1.807, 2.05) is 0 Å². The highest BCUT2D eigenvalue weighted by Gasteiger charge is 2.46. The molecule has 1 aliphatic heterocycles. The zero-order valence-corrected chi connectivity index (χ0v) is 16.6. The van der Waals surface area contributed by atoms with Gasteiger partial charge < -0.3 is 10.0 Å². The minimum absolute atomic E-state index is 0.0101. The summed E-state index contributed by atoms with van der Waals surface area (Å²) in [6.45, 7) is 0.0101. The van der Waals surface area contributed by atoms with Crippen LogP contribution in [0.1, 0.15) is 22.7 Å². The van der Waals surface area contributed by atoms with Crippen LogP contribution < -0.4 is 0 Å². The van der Waals surface area contributed by atoms with Gasteiger partial charge in [-0.15, -0.1) is 0 Å². The molecule has 1 aliphatic rings. The number of aliphatic hydroxyl groups excluding tert-OH is 1. The number of likely N-dealkylation sites (tertiary alicyclic amines) is 1. The van der Waals surface area contributed by atoms with Crippen molar-refractivity contribution in [2.45, 2.75) is 12.6 Å². The average molecular weight is 432 g/mol. The predicted octanol–water partition coefficient (Wildman–Crippen LogP) is 4.36. The summed E-state index contributed by atoms with van der Waals surface area (Å²) >= 11 is 0. The van der Waals surface area contributed by atoms with Gasteiger partial charge in [0, 0.05) is 24.2 Å². The molecule has 7 nitrogen and oxygen atoms in total. The van der Waals surface area contributed by atoms with Gasteiger partial charge in [-0.1, -0.05) is 54.6 Å². The highest BCUT2D eigenvalue weighted by molar-refractivity contribution is 6.46. The van der Waals surface area contributed by atoms with E-state index in [0.29, 0.717) is 11.1 Å². The smallest absolute Gasteiger partial charge is 0.295 e. The molecule has 0 aromatic heterocycles. The molecule has 0 bridgehead atoms. The number of aliphatic hydroxyl groups is 1. The Morgan fingerprint density at radius 3 is 2.34 bits per heavy atom. The molecule has 0 aliphatic carbocycles. The number of rotatable bonds is 5. The lowest BCUT2D eigenvalue weighted by Crippen LogP contribution is -2.29. The maximum atomic E-state index is 13.3. The summed E-state index contributed by atoms with van der Waals surface area (Å²) in [6.07, 6.45) is 0. The van der Waals surface area contributed by atoms with Gasteiger partial charge >= 0.3 is 0 Å². The number of amides is 1. The second kappa shape index (κ2) is 8.43. The summed E-state index contributed by atoms with van der Waals surface area (Å²) in [5.74, 6) is -2.65. The van der Waals surface area contributed by atoms with E-state index >= 15 is 0 Å². The summed E-state index contributed by atoms with van der Waals surface area (Å²) in [4.78, 5) is 37.7. The van der Waals surface area contributed by atoms with E-state index in [9.17, 15) is 29.2 Å². The normalized spacial score (nSPS) is 17.5. The van der Waals surface area contributed by atoms with Crippen LogP contribution in [0.5, 0.6) is 0 Å². The van der Waals surface area contributed by atoms with Crippen molar-refractivity contribution in [3.63, 3.8) is 0 Å². The lowest BCUT2D eigenvalue weighted by Gasteiger charge is -2.25. The SMILES string of the molecule is O=C1C(=O)N(Cc2ccc(F)cc2)C(c2ccccc2)/C1=C(/O)c1cccc([N+](=O)[O-])c1. The van der Waals surface area contributed by atoms with Crippen molar-refractivity contribution in [1.29, 1.82) is 0 Å². The Balaban J connectivity index is 1.85. The number of ketones is 1. The summed E-state index contributed by atoms with van der Waals surface area (Å²) in [6, 6.07) is 18.5. The van der Waals surface area contributed by atoms with E-state index in [2.05, 4.69) is 0 Å². The molecular weight excluding hydrogens is 415 g/mol. The second-order valence-electron chi connectivity index (χ2n) is 7.27. The molecule has 1 amide bonds. The molecule has 1 heterocycles. The number of nitro benzene ring substituents is 1. The highest BCUT2D eigenvalue weighted by atomic mass is 19.1. The fourth-order valence-corrected chi connectivity index (χ4v) is 3.73. The Hall–Kier alpha value is -4.33. The number of benzene rings is 3. The lowest BCUT2D eigenvalue weighted by atomic mass is 9.95. The number of hydrogen-bond donors (Lipinski definition) is 1. The zero-order valence-electron chi connectivity index (χ0n) is 16.6. The van der Waals surface area contributed by atoms with E-state index in [0.717, 1.165) is 6.07 Å². The second-order valence-corrected chi connectivity index (χ2v) is 7.27. The third-order valence-corrected chi connectivity index (χ3v) is 5.25. The van der Waals surface area contributed by atoms with Crippen molar-refractivity contribution in [3.05, 3.63) is 117 Å². The third kappa shape index (κ3) is 3.85. The molecule has 8 heteroatoms. The van der Waals surface area contributed by atoms with Crippen LogP contribution in [-0.2, 0) is 16.1 Å². The standard InChI is InChI=1S/C24H17FN2O5/c25-18-11-9-15(10-12-18)14-26-21(16-5-2-1-3-6-16)20(23(29)24(26)30)22(28)17-7-4-8-19(13-17)27(31)32/h1-13,21,28H,14H2/b22-20-. The number of nitro groups is 1. The average Bonchev–Trinajstić information content (AvgIpc) is 3.05. The monoisotopic (exact) mass is 432 g/mol. The van der Waals surface area contributed by atoms with Gasteiger partial charge in [0.1, 0.15) is 11.6 Å². The Labute approximate surface area is 182 Å².